The lowest BCUT2D eigenvalue weighted by molar-refractivity contribution is 0.0796. The molecule has 0 saturated carbocycles. The monoisotopic (exact) mass is 306 g/mol. The lowest BCUT2D eigenvalue weighted by Crippen LogP contribution is -2.27. The van der Waals surface area contributed by atoms with Gasteiger partial charge in [0.05, 0.1) is 5.52 Å². The average molecular weight is 307 g/mol. The third-order valence-electron chi connectivity index (χ3n) is 2.82. The summed E-state index contributed by atoms with van der Waals surface area (Å²) in [5, 5.41) is 1.91. The van der Waals surface area contributed by atoms with Crippen LogP contribution in [0.15, 0.2) is 36.5 Å². The summed E-state index contributed by atoms with van der Waals surface area (Å²) >= 11 is 3.37. The maximum absolute atomic E-state index is 12.2. The Morgan fingerprint density at radius 2 is 2.22 bits per heavy atom. The first-order valence-corrected chi connectivity index (χ1v) is 7.01. The Morgan fingerprint density at radius 1 is 1.39 bits per heavy atom. The summed E-state index contributed by atoms with van der Waals surface area (Å²) in [6.45, 7) is 0.759. The van der Waals surface area contributed by atoms with Crippen LogP contribution in [0.3, 0.4) is 0 Å². The molecule has 3 nitrogen and oxygen atoms in total. The molecule has 0 unspecified atom stereocenters. The molecule has 0 N–H and O–H groups in total. The van der Waals surface area contributed by atoms with E-state index in [1.807, 2.05) is 37.4 Å². The van der Waals surface area contributed by atoms with Gasteiger partial charge >= 0.3 is 0 Å². The van der Waals surface area contributed by atoms with Gasteiger partial charge < -0.3 is 4.90 Å². The van der Waals surface area contributed by atoms with Gasteiger partial charge in [-0.2, -0.15) is 0 Å². The van der Waals surface area contributed by atoms with E-state index in [2.05, 4.69) is 20.9 Å². The first-order valence-electron chi connectivity index (χ1n) is 5.88. The van der Waals surface area contributed by atoms with E-state index in [0.717, 1.165) is 29.2 Å². The van der Waals surface area contributed by atoms with Gasteiger partial charge in [-0.05, 0) is 30.7 Å². The molecule has 2 aromatic rings. The van der Waals surface area contributed by atoms with Gasteiger partial charge in [0, 0.05) is 36.1 Å². The molecule has 0 radical (unpaired) electrons. The summed E-state index contributed by atoms with van der Waals surface area (Å²) in [4.78, 5) is 18.2. The molecule has 0 aliphatic heterocycles. The van der Waals surface area contributed by atoms with Crippen molar-refractivity contribution in [1.29, 1.82) is 0 Å². The molecule has 0 bridgehead atoms. The maximum atomic E-state index is 12.2. The highest BCUT2D eigenvalue weighted by molar-refractivity contribution is 9.09. The fourth-order valence-corrected chi connectivity index (χ4v) is 2.08. The van der Waals surface area contributed by atoms with Gasteiger partial charge in [0.2, 0.25) is 0 Å². The quantitative estimate of drug-likeness (QED) is 0.813. The minimum atomic E-state index is 0.0571. The van der Waals surface area contributed by atoms with E-state index in [4.69, 9.17) is 0 Å². The second-order valence-corrected chi connectivity index (χ2v) is 4.97. The van der Waals surface area contributed by atoms with E-state index in [1.165, 1.54) is 0 Å². The van der Waals surface area contributed by atoms with Crippen LogP contribution >= 0.6 is 15.9 Å². The Hall–Kier alpha value is -1.42. The van der Waals surface area contributed by atoms with Crippen LogP contribution in [0.5, 0.6) is 0 Å². The van der Waals surface area contributed by atoms with Gasteiger partial charge in [0.25, 0.3) is 5.91 Å². The second-order valence-electron chi connectivity index (χ2n) is 4.18. The van der Waals surface area contributed by atoms with E-state index in [0.29, 0.717) is 5.56 Å². The Balaban J connectivity index is 2.22. The van der Waals surface area contributed by atoms with E-state index in [1.54, 1.807) is 11.1 Å². The smallest absolute Gasteiger partial charge is 0.253 e. The summed E-state index contributed by atoms with van der Waals surface area (Å²) in [7, 11) is 1.83. The van der Waals surface area contributed by atoms with Crippen LogP contribution in [0, 0.1) is 0 Å². The third kappa shape index (κ3) is 2.88. The number of rotatable bonds is 4. The molecule has 0 aliphatic carbocycles. The number of aromatic nitrogens is 1. The molecule has 1 aromatic heterocycles. The van der Waals surface area contributed by atoms with Crippen molar-refractivity contribution in [2.24, 2.45) is 0 Å². The molecule has 1 heterocycles. The maximum Gasteiger partial charge on any atom is 0.253 e. The number of halogens is 1. The number of carbonyl (C=O) groups excluding carboxylic acids is 1. The lowest BCUT2D eigenvalue weighted by atomic mass is 10.1. The van der Waals surface area contributed by atoms with Crippen molar-refractivity contribution in [1.82, 2.24) is 9.88 Å². The van der Waals surface area contributed by atoms with Crippen LogP contribution in [0.4, 0.5) is 0 Å². The highest BCUT2D eigenvalue weighted by atomic mass is 79.9. The number of carbonyl (C=O) groups is 1. The first-order chi connectivity index (χ1) is 8.72. The van der Waals surface area contributed by atoms with Crippen LogP contribution < -0.4 is 0 Å². The van der Waals surface area contributed by atoms with Crippen molar-refractivity contribution < 1.29 is 4.79 Å². The molecule has 2 rings (SSSR count). The number of pyridine rings is 1. The predicted octanol–water partition coefficient (Wildman–Crippen LogP) is 3.09. The van der Waals surface area contributed by atoms with Crippen LogP contribution in [-0.4, -0.2) is 34.7 Å². The number of alkyl halides is 1. The number of hydrogen-bond donors (Lipinski definition) is 0. The van der Waals surface area contributed by atoms with Crippen molar-refractivity contribution in [2.75, 3.05) is 18.9 Å². The highest BCUT2D eigenvalue weighted by Crippen LogP contribution is 2.14. The predicted molar refractivity (Wildman–Crippen MR) is 77.1 cm³/mol. The molecule has 0 spiro atoms. The van der Waals surface area contributed by atoms with Crippen LogP contribution in [0.25, 0.3) is 10.9 Å². The minimum absolute atomic E-state index is 0.0571. The molecule has 94 valence electrons. The van der Waals surface area contributed by atoms with E-state index in [-0.39, 0.29) is 5.91 Å². The summed E-state index contributed by atoms with van der Waals surface area (Å²) in [5.74, 6) is 0.0571. The average Bonchev–Trinajstić information content (AvgIpc) is 2.43. The molecule has 0 aliphatic rings. The van der Waals surface area contributed by atoms with Crippen molar-refractivity contribution in [2.45, 2.75) is 6.42 Å². The van der Waals surface area contributed by atoms with Gasteiger partial charge in [0.15, 0.2) is 0 Å². The molecule has 0 saturated heterocycles. The highest BCUT2D eigenvalue weighted by Gasteiger charge is 2.11. The molecule has 0 atom stereocenters. The van der Waals surface area contributed by atoms with Crippen LogP contribution in [-0.2, 0) is 0 Å². The molecule has 1 aromatic carbocycles. The Kier molecular flexibility index (Phi) is 4.31. The SMILES string of the molecule is CN(CCCBr)C(=O)c1ccc2ncccc2c1. The summed E-state index contributed by atoms with van der Waals surface area (Å²) < 4.78 is 0. The number of hydrogen-bond acceptors (Lipinski definition) is 2. The van der Waals surface area contributed by atoms with E-state index >= 15 is 0 Å². The summed E-state index contributed by atoms with van der Waals surface area (Å²) in [6, 6.07) is 9.47. The zero-order valence-corrected chi connectivity index (χ0v) is 11.9. The molecular formula is C14H15BrN2O. The summed E-state index contributed by atoms with van der Waals surface area (Å²) in [5.41, 5.74) is 1.63. The summed E-state index contributed by atoms with van der Waals surface area (Å²) in [6.07, 6.45) is 2.71. The van der Waals surface area contributed by atoms with Crippen LogP contribution in [0.2, 0.25) is 0 Å². The van der Waals surface area contributed by atoms with E-state index in [9.17, 15) is 4.79 Å². The second kappa shape index (κ2) is 5.96. The fourth-order valence-electron chi connectivity index (χ4n) is 1.83. The normalized spacial score (nSPS) is 10.6. The standard InChI is InChI=1S/C14H15BrN2O/c1-17(9-3-7-15)14(18)12-5-6-13-11(10-12)4-2-8-16-13/h2,4-6,8,10H,3,7,9H2,1H3. The fraction of sp³-hybridized carbons (Fsp3) is 0.286. The van der Waals surface area contributed by atoms with Crippen molar-refractivity contribution >= 4 is 32.7 Å². The zero-order valence-electron chi connectivity index (χ0n) is 10.3. The van der Waals surface area contributed by atoms with Crippen molar-refractivity contribution in [3.05, 3.63) is 42.1 Å². The van der Waals surface area contributed by atoms with Crippen molar-refractivity contribution in [3.63, 3.8) is 0 Å². The number of benzene rings is 1. The van der Waals surface area contributed by atoms with Crippen LogP contribution in [0.1, 0.15) is 16.8 Å². The van der Waals surface area contributed by atoms with Crippen molar-refractivity contribution in [3.8, 4) is 0 Å². The Labute approximate surface area is 115 Å². The molecule has 4 heteroatoms. The Bertz CT molecular complexity index is 556. The largest absolute Gasteiger partial charge is 0.342 e. The number of fused-ring (bicyclic) bond motifs is 1. The van der Waals surface area contributed by atoms with E-state index < -0.39 is 0 Å². The zero-order chi connectivity index (χ0) is 13.0. The molecule has 1 amide bonds. The van der Waals surface area contributed by atoms with Gasteiger partial charge in [-0.3, -0.25) is 9.78 Å². The van der Waals surface area contributed by atoms with Gasteiger partial charge in [-0.1, -0.05) is 22.0 Å². The topological polar surface area (TPSA) is 33.2 Å². The number of nitrogens with zero attached hydrogens (tertiary/aromatic N) is 2. The third-order valence-corrected chi connectivity index (χ3v) is 3.38. The minimum Gasteiger partial charge on any atom is -0.342 e. The van der Waals surface area contributed by atoms with Gasteiger partial charge in [0.1, 0.15) is 0 Å². The van der Waals surface area contributed by atoms with Gasteiger partial charge in [-0.25, -0.2) is 0 Å². The molecule has 0 fully saturated rings. The van der Waals surface area contributed by atoms with Gasteiger partial charge in [-0.15, -0.1) is 0 Å². The number of amides is 1. The molecular weight excluding hydrogens is 292 g/mol. The Morgan fingerprint density at radius 3 is 3.00 bits per heavy atom. The lowest BCUT2D eigenvalue weighted by Gasteiger charge is -2.16. The first kappa shape index (κ1) is 13.0. The molecule has 18 heavy (non-hydrogen) atoms.